The predicted octanol–water partition coefficient (Wildman–Crippen LogP) is 2.22. The van der Waals surface area contributed by atoms with E-state index in [4.69, 9.17) is 5.73 Å². The van der Waals surface area contributed by atoms with E-state index in [2.05, 4.69) is 18.7 Å². The van der Waals surface area contributed by atoms with Crippen LogP contribution in [0.25, 0.3) is 0 Å². The van der Waals surface area contributed by atoms with Crippen molar-refractivity contribution >= 4 is 11.6 Å². The Labute approximate surface area is 121 Å². The number of benzene rings is 1. The molecule has 4 heteroatoms. The van der Waals surface area contributed by atoms with Gasteiger partial charge in [-0.3, -0.25) is 4.79 Å². The molecule has 20 heavy (non-hydrogen) atoms. The molecular formula is C16H25N3O. The molecule has 0 unspecified atom stereocenters. The van der Waals surface area contributed by atoms with E-state index in [1.54, 1.807) is 12.1 Å². The van der Waals surface area contributed by atoms with Gasteiger partial charge in [-0.1, -0.05) is 13.8 Å². The average Bonchev–Trinajstić information content (AvgIpc) is 2.49. The zero-order valence-electron chi connectivity index (χ0n) is 12.5. The van der Waals surface area contributed by atoms with Crippen LogP contribution in [-0.4, -0.2) is 47.9 Å². The minimum absolute atomic E-state index is 0.128. The standard InChI is InChI=1S/C16H25N3O/c1-3-18(4-2)15-9-11-19(12-10-15)16(20)13-5-7-14(17)8-6-13/h5-8,15H,3-4,9-12,17H2,1-2H3. The lowest BCUT2D eigenvalue weighted by molar-refractivity contribution is 0.0631. The Morgan fingerprint density at radius 3 is 2.25 bits per heavy atom. The molecule has 2 N–H and O–H groups in total. The lowest BCUT2D eigenvalue weighted by Gasteiger charge is -2.37. The minimum atomic E-state index is 0.128. The summed E-state index contributed by atoms with van der Waals surface area (Å²) in [5.74, 6) is 0.128. The number of amides is 1. The molecule has 0 aromatic heterocycles. The summed E-state index contributed by atoms with van der Waals surface area (Å²) in [6.45, 7) is 8.29. The van der Waals surface area contributed by atoms with Crippen molar-refractivity contribution in [3.05, 3.63) is 29.8 Å². The van der Waals surface area contributed by atoms with Gasteiger partial charge in [0, 0.05) is 30.4 Å². The lowest BCUT2D eigenvalue weighted by atomic mass is 10.0. The number of hydrogen-bond donors (Lipinski definition) is 1. The fourth-order valence-electron chi connectivity index (χ4n) is 2.98. The fourth-order valence-corrected chi connectivity index (χ4v) is 2.98. The third-order valence-corrected chi connectivity index (χ3v) is 4.24. The van der Waals surface area contributed by atoms with E-state index in [0.29, 0.717) is 11.7 Å². The second-order valence-electron chi connectivity index (χ2n) is 5.37. The van der Waals surface area contributed by atoms with Gasteiger partial charge in [0.25, 0.3) is 5.91 Å². The van der Waals surface area contributed by atoms with E-state index in [0.717, 1.165) is 44.6 Å². The third kappa shape index (κ3) is 3.31. The largest absolute Gasteiger partial charge is 0.399 e. The van der Waals surface area contributed by atoms with E-state index >= 15 is 0 Å². The summed E-state index contributed by atoms with van der Waals surface area (Å²) in [4.78, 5) is 16.9. The van der Waals surface area contributed by atoms with Crippen LogP contribution in [0.4, 0.5) is 5.69 Å². The molecule has 2 rings (SSSR count). The molecule has 110 valence electrons. The molecule has 1 aromatic rings. The highest BCUT2D eigenvalue weighted by Gasteiger charge is 2.25. The van der Waals surface area contributed by atoms with Crippen LogP contribution in [-0.2, 0) is 0 Å². The van der Waals surface area contributed by atoms with Crippen molar-refractivity contribution in [3.8, 4) is 0 Å². The van der Waals surface area contributed by atoms with Gasteiger partial charge in [-0.2, -0.15) is 0 Å². The van der Waals surface area contributed by atoms with E-state index in [1.165, 1.54) is 0 Å². The number of piperidine rings is 1. The molecule has 0 saturated carbocycles. The van der Waals surface area contributed by atoms with Crippen LogP contribution in [0.1, 0.15) is 37.0 Å². The first kappa shape index (κ1) is 14.9. The van der Waals surface area contributed by atoms with Gasteiger partial charge in [-0.15, -0.1) is 0 Å². The molecule has 0 spiro atoms. The Bertz CT molecular complexity index is 432. The van der Waals surface area contributed by atoms with Crippen LogP contribution in [0.15, 0.2) is 24.3 Å². The van der Waals surface area contributed by atoms with Gasteiger partial charge in [-0.25, -0.2) is 0 Å². The maximum atomic E-state index is 12.4. The Morgan fingerprint density at radius 1 is 1.20 bits per heavy atom. The molecule has 1 aliphatic rings. The Hall–Kier alpha value is -1.55. The van der Waals surface area contributed by atoms with E-state index in [9.17, 15) is 4.79 Å². The highest BCUT2D eigenvalue weighted by molar-refractivity contribution is 5.94. The van der Waals surface area contributed by atoms with Crippen LogP contribution < -0.4 is 5.73 Å². The SMILES string of the molecule is CCN(CC)C1CCN(C(=O)c2ccc(N)cc2)CC1. The van der Waals surface area contributed by atoms with Crippen molar-refractivity contribution in [1.82, 2.24) is 9.80 Å². The van der Waals surface area contributed by atoms with Crippen molar-refractivity contribution in [1.29, 1.82) is 0 Å². The first-order chi connectivity index (χ1) is 9.65. The van der Waals surface area contributed by atoms with Crippen LogP contribution in [0, 0.1) is 0 Å². The zero-order valence-corrected chi connectivity index (χ0v) is 12.5. The van der Waals surface area contributed by atoms with E-state index < -0.39 is 0 Å². The van der Waals surface area contributed by atoms with Gasteiger partial charge in [0.1, 0.15) is 0 Å². The maximum absolute atomic E-state index is 12.4. The summed E-state index contributed by atoms with van der Waals surface area (Å²) in [5.41, 5.74) is 7.09. The van der Waals surface area contributed by atoms with E-state index in [1.807, 2.05) is 17.0 Å². The number of nitrogens with zero attached hydrogens (tertiary/aromatic N) is 2. The molecule has 1 aromatic carbocycles. The fraction of sp³-hybridized carbons (Fsp3) is 0.562. The molecular weight excluding hydrogens is 250 g/mol. The summed E-state index contributed by atoms with van der Waals surface area (Å²) >= 11 is 0. The Morgan fingerprint density at radius 2 is 1.75 bits per heavy atom. The number of hydrogen-bond acceptors (Lipinski definition) is 3. The van der Waals surface area contributed by atoms with Crippen molar-refractivity contribution in [3.63, 3.8) is 0 Å². The quantitative estimate of drug-likeness (QED) is 0.857. The number of likely N-dealkylation sites (tertiary alicyclic amines) is 1. The third-order valence-electron chi connectivity index (χ3n) is 4.24. The summed E-state index contributed by atoms with van der Waals surface area (Å²) in [5, 5.41) is 0. The Balaban J connectivity index is 1.93. The predicted molar refractivity (Wildman–Crippen MR) is 82.7 cm³/mol. The first-order valence-corrected chi connectivity index (χ1v) is 7.54. The van der Waals surface area contributed by atoms with Crippen molar-refractivity contribution < 1.29 is 4.79 Å². The molecule has 1 saturated heterocycles. The van der Waals surface area contributed by atoms with Crippen molar-refractivity contribution in [2.45, 2.75) is 32.7 Å². The van der Waals surface area contributed by atoms with Crippen LogP contribution in [0.2, 0.25) is 0 Å². The number of carbonyl (C=O) groups excluding carboxylic acids is 1. The molecule has 4 nitrogen and oxygen atoms in total. The van der Waals surface area contributed by atoms with Gasteiger partial charge in [0.2, 0.25) is 0 Å². The smallest absolute Gasteiger partial charge is 0.253 e. The normalized spacial score (nSPS) is 16.6. The molecule has 1 amide bonds. The molecule has 0 radical (unpaired) electrons. The maximum Gasteiger partial charge on any atom is 0.253 e. The number of anilines is 1. The topological polar surface area (TPSA) is 49.6 Å². The van der Waals surface area contributed by atoms with Gasteiger partial charge < -0.3 is 15.5 Å². The Kier molecular flexibility index (Phi) is 5.01. The number of nitrogen functional groups attached to an aromatic ring is 1. The second-order valence-corrected chi connectivity index (χ2v) is 5.37. The van der Waals surface area contributed by atoms with Gasteiger partial charge in [0.05, 0.1) is 0 Å². The lowest BCUT2D eigenvalue weighted by Crippen LogP contribution is -2.46. The van der Waals surface area contributed by atoms with Gasteiger partial charge in [-0.05, 0) is 50.2 Å². The summed E-state index contributed by atoms with van der Waals surface area (Å²) in [6, 6.07) is 7.83. The second kappa shape index (κ2) is 6.75. The summed E-state index contributed by atoms with van der Waals surface area (Å²) < 4.78 is 0. The minimum Gasteiger partial charge on any atom is -0.399 e. The van der Waals surface area contributed by atoms with E-state index in [-0.39, 0.29) is 5.91 Å². The summed E-state index contributed by atoms with van der Waals surface area (Å²) in [6.07, 6.45) is 2.14. The molecule has 1 heterocycles. The molecule has 1 aliphatic heterocycles. The molecule has 0 aliphatic carbocycles. The molecule has 0 bridgehead atoms. The van der Waals surface area contributed by atoms with Gasteiger partial charge >= 0.3 is 0 Å². The van der Waals surface area contributed by atoms with Gasteiger partial charge in [0.15, 0.2) is 0 Å². The monoisotopic (exact) mass is 275 g/mol. The highest BCUT2D eigenvalue weighted by Crippen LogP contribution is 2.18. The number of rotatable bonds is 4. The summed E-state index contributed by atoms with van der Waals surface area (Å²) in [7, 11) is 0. The number of nitrogens with two attached hydrogens (primary N) is 1. The van der Waals surface area contributed by atoms with Crippen molar-refractivity contribution in [2.24, 2.45) is 0 Å². The zero-order chi connectivity index (χ0) is 14.5. The molecule has 0 atom stereocenters. The average molecular weight is 275 g/mol. The first-order valence-electron chi connectivity index (χ1n) is 7.54. The highest BCUT2D eigenvalue weighted by atomic mass is 16.2. The number of carbonyl (C=O) groups is 1. The van der Waals surface area contributed by atoms with Crippen LogP contribution in [0.5, 0.6) is 0 Å². The van der Waals surface area contributed by atoms with Crippen molar-refractivity contribution in [2.75, 3.05) is 31.9 Å². The van der Waals surface area contributed by atoms with Crippen LogP contribution >= 0.6 is 0 Å². The molecule has 1 fully saturated rings. The van der Waals surface area contributed by atoms with Crippen LogP contribution in [0.3, 0.4) is 0 Å².